The smallest absolute Gasteiger partial charge is 0.262 e. The molecule has 0 radical (unpaired) electrons. The molecule has 9 heteroatoms. The van der Waals surface area contributed by atoms with Gasteiger partial charge in [-0.1, -0.05) is 29.8 Å². The summed E-state index contributed by atoms with van der Waals surface area (Å²) in [5, 5.41) is 0.409. The lowest BCUT2D eigenvalue weighted by Crippen LogP contribution is -2.60. The van der Waals surface area contributed by atoms with Gasteiger partial charge in [-0.2, -0.15) is 0 Å². The van der Waals surface area contributed by atoms with E-state index in [9.17, 15) is 27.6 Å². The second-order valence-corrected chi connectivity index (χ2v) is 9.11. The zero-order chi connectivity index (χ0) is 20.9. The SMILES string of the molecule is Cc1ccc(S(=O)(=O)[C@H]2CC(N3C(=O)c4ccccc4C3=O)C(=O)NC2=O)cc1. The normalized spacial score (nSPS) is 21.9. The predicted octanol–water partition coefficient (Wildman–Crippen LogP) is 0.849. The largest absolute Gasteiger partial charge is 0.293 e. The molecule has 1 N–H and O–H groups in total. The van der Waals surface area contributed by atoms with Gasteiger partial charge in [-0.05, 0) is 31.2 Å². The van der Waals surface area contributed by atoms with Crippen LogP contribution >= 0.6 is 0 Å². The maximum atomic E-state index is 13.0. The third-order valence-electron chi connectivity index (χ3n) is 5.14. The van der Waals surface area contributed by atoms with E-state index in [0.717, 1.165) is 10.5 Å². The molecule has 1 unspecified atom stereocenters. The molecule has 2 aliphatic heterocycles. The summed E-state index contributed by atoms with van der Waals surface area (Å²) in [5.74, 6) is -3.22. The van der Waals surface area contributed by atoms with E-state index in [1.54, 1.807) is 31.2 Å². The molecule has 2 heterocycles. The van der Waals surface area contributed by atoms with E-state index in [2.05, 4.69) is 0 Å². The molecule has 1 saturated heterocycles. The standard InChI is InChI=1S/C20H16N2O6S/c1-11-6-8-12(9-7-11)29(27,28)16-10-15(17(23)21-18(16)24)22-19(25)13-4-2-3-5-14(13)20(22)26/h2-9,15-16H,10H2,1H3,(H,21,23,24)/t15?,16-/m0/s1. The molecular weight excluding hydrogens is 396 g/mol. The van der Waals surface area contributed by atoms with Gasteiger partial charge in [0, 0.05) is 6.42 Å². The Kier molecular flexibility index (Phi) is 4.34. The number of carbonyl (C=O) groups is 4. The first kappa shape index (κ1) is 19.0. The van der Waals surface area contributed by atoms with Gasteiger partial charge in [-0.15, -0.1) is 0 Å². The van der Waals surface area contributed by atoms with E-state index in [4.69, 9.17) is 0 Å². The van der Waals surface area contributed by atoms with Gasteiger partial charge in [-0.3, -0.25) is 29.4 Å². The van der Waals surface area contributed by atoms with Crippen LogP contribution in [-0.2, 0) is 19.4 Å². The van der Waals surface area contributed by atoms with E-state index >= 15 is 0 Å². The predicted molar refractivity (Wildman–Crippen MR) is 101 cm³/mol. The molecular formula is C20H16N2O6S. The van der Waals surface area contributed by atoms with Crippen LogP contribution in [0.5, 0.6) is 0 Å². The first-order valence-corrected chi connectivity index (χ1v) is 10.4. The number of piperidine rings is 1. The Morgan fingerprint density at radius 3 is 1.97 bits per heavy atom. The van der Waals surface area contributed by atoms with Crippen LogP contribution in [0.1, 0.15) is 32.7 Å². The van der Waals surface area contributed by atoms with Crippen LogP contribution in [0.2, 0.25) is 0 Å². The number of nitrogens with one attached hydrogen (secondary N) is 1. The van der Waals surface area contributed by atoms with Crippen molar-refractivity contribution in [3.8, 4) is 0 Å². The summed E-state index contributed by atoms with van der Waals surface area (Å²) < 4.78 is 26.0. The summed E-state index contributed by atoms with van der Waals surface area (Å²) in [7, 11) is -4.13. The van der Waals surface area contributed by atoms with Gasteiger partial charge in [0.05, 0.1) is 16.0 Å². The monoisotopic (exact) mass is 412 g/mol. The van der Waals surface area contributed by atoms with Crippen LogP contribution in [0.25, 0.3) is 0 Å². The minimum Gasteiger partial charge on any atom is -0.293 e. The fraction of sp³-hybridized carbons (Fsp3) is 0.200. The zero-order valence-corrected chi connectivity index (χ0v) is 16.1. The van der Waals surface area contributed by atoms with Crippen molar-refractivity contribution >= 4 is 33.5 Å². The van der Waals surface area contributed by atoms with Crippen molar-refractivity contribution in [3.63, 3.8) is 0 Å². The number of hydrogen-bond donors (Lipinski definition) is 1. The molecule has 0 bridgehead atoms. The minimum atomic E-state index is -4.13. The summed E-state index contributed by atoms with van der Waals surface area (Å²) >= 11 is 0. The number of benzene rings is 2. The lowest BCUT2D eigenvalue weighted by Gasteiger charge is -2.32. The van der Waals surface area contributed by atoms with Gasteiger partial charge < -0.3 is 0 Å². The molecule has 2 aromatic carbocycles. The minimum absolute atomic E-state index is 0.0706. The van der Waals surface area contributed by atoms with Crippen molar-refractivity contribution < 1.29 is 27.6 Å². The van der Waals surface area contributed by atoms with Crippen molar-refractivity contribution in [2.24, 2.45) is 0 Å². The molecule has 0 aliphatic carbocycles. The van der Waals surface area contributed by atoms with Gasteiger partial charge >= 0.3 is 0 Å². The lowest BCUT2D eigenvalue weighted by atomic mass is 10.0. The third-order valence-corrected chi connectivity index (χ3v) is 7.22. The van der Waals surface area contributed by atoms with Crippen LogP contribution in [0, 0.1) is 6.92 Å². The average molecular weight is 412 g/mol. The quantitative estimate of drug-likeness (QED) is 0.747. The summed E-state index contributed by atoms with van der Waals surface area (Å²) in [4.78, 5) is 50.8. The van der Waals surface area contributed by atoms with Gasteiger partial charge in [0.25, 0.3) is 11.8 Å². The molecule has 1 fully saturated rings. The molecule has 2 atom stereocenters. The highest BCUT2D eigenvalue weighted by molar-refractivity contribution is 7.92. The summed E-state index contributed by atoms with van der Waals surface area (Å²) in [6.07, 6.45) is -0.494. The molecule has 2 aliphatic rings. The van der Waals surface area contributed by atoms with Crippen LogP contribution in [0.3, 0.4) is 0 Å². The second kappa shape index (κ2) is 6.63. The number of imide groups is 2. The Morgan fingerprint density at radius 2 is 1.41 bits per heavy atom. The fourth-order valence-corrected chi connectivity index (χ4v) is 5.20. The highest BCUT2D eigenvalue weighted by atomic mass is 32.2. The number of aryl methyl sites for hydroxylation is 1. The average Bonchev–Trinajstić information content (AvgIpc) is 2.93. The molecule has 0 spiro atoms. The summed E-state index contributed by atoms with van der Waals surface area (Å²) in [6, 6.07) is 10.7. The van der Waals surface area contributed by atoms with Crippen LogP contribution < -0.4 is 5.32 Å². The number of sulfone groups is 1. The van der Waals surface area contributed by atoms with Crippen molar-refractivity contribution in [2.75, 3.05) is 0 Å². The number of carbonyl (C=O) groups excluding carboxylic acids is 4. The molecule has 29 heavy (non-hydrogen) atoms. The van der Waals surface area contributed by atoms with Gasteiger partial charge in [-0.25, -0.2) is 8.42 Å². The van der Waals surface area contributed by atoms with Gasteiger partial charge in [0.1, 0.15) is 11.3 Å². The lowest BCUT2D eigenvalue weighted by molar-refractivity contribution is -0.136. The summed E-state index contributed by atoms with van der Waals surface area (Å²) in [6.45, 7) is 1.79. The number of nitrogens with zero attached hydrogens (tertiary/aromatic N) is 1. The fourth-order valence-electron chi connectivity index (χ4n) is 3.58. The maximum Gasteiger partial charge on any atom is 0.262 e. The highest BCUT2D eigenvalue weighted by Gasteiger charge is 2.50. The topological polar surface area (TPSA) is 118 Å². The Bertz CT molecular complexity index is 1130. The van der Waals surface area contributed by atoms with E-state index in [-0.39, 0.29) is 16.0 Å². The molecule has 4 rings (SSSR count). The van der Waals surface area contributed by atoms with Crippen molar-refractivity contribution in [3.05, 3.63) is 65.2 Å². The maximum absolute atomic E-state index is 13.0. The second-order valence-electron chi connectivity index (χ2n) is 6.98. The first-order valence-electron chi connectivity index (χ1n) is 8.84. The Hall–Kier alpha value is -3.33. The number of amides is 4. The highest BCUT2D eigenvalue weighted by Crippen LogP contribution is 2.30. The third kappa shape index (κ3) is 2.94. The molecule has 0 saturated carbocycles. The Morgan fingerprint density at radius 1 is 0.862 bits per heavy atom. The van der Waals surface area contributed by atoms with Crippen LogP contribution in [0.15, 0.2) is 53.4 Å². The van der Waals surface area contributed by atoms with Crippen molar-refractivity contribution in [1.29, 1.82) is 0 Å². The van der Waals surface area contributed by atoms with Crippen LogP contribution in [0.4, 0.5) is 0 Å². The molecule has 0 aromatic heterocycles. The Labute approximate surface area is 166 Å². The molecule has 148 valence electrons. The Balaban J connectivity index is 1.69. The number of hydrogen-bond acceptors (Lipinski definition) is 6. The molecule has 8 nitrogen and oxygen atoms in total. The van der Waals surface area contributed by atoms with Crippen molar-refractivity contribution in [1.82, 2.24) is 10.2 Å². The van der Waals surface area contributed by atoms with Gasteiger partial charge in [0.15, 0.2) is 9.84 Å². The van der Waals surface area contributed by atoms with Crippen LogP contribution in [-0.4, -0.2) is 48.2 Å². The number of rotatable bonds is 3. The number of fused-ring (bicyclic) bond motifs is 1. The zero-order valence-electron chi connectivity index (χ0n) is 15.3. The molecule has 4 amide bonds. The van der Waals surface area contributed by atoms with E-state index in [1.807, 2.05) is 5.32 Å². The first-order chi connectivity index (χ1) is 13.7. The van der Waals surface area contributed by atoms with Gasteiger partial charge in [0.2, 0.25) is 11.8 Å². The van der Waals surface area contributed by atoms with E-state index < -0.39 is 51.2 Å². The van der Waals surface area contributed by atoms with E-state index in [0.29, 0.717) is 0 Å². The molecule has 2 aromatic rings. The van der Waals surface area contributed by atoms with Crippen molar-refractivity contribution in [2.45, 2.75) is 29.5 Å². The summed E-state index contributed by atoms with van der Waals surface area (Å²) in [5.41, 5.74) is 1.12. The van der Waals surface area contributed by atoms with E-state index in [1.165, 1.54) is 24.3 Å².